The molecular formula is C26H27N3O5. The molecule has 3 rings (SSSR count). The summed E-state index contributed by atoms with van der Waals surface area (Å²) in [6.45, 7) is 0.0482. The fourth-order valence-electron chi connectivity index (χ4n) is 3.84. The summed E-state index contributed by atoms with van der Waals surface area (Å²) < 4.78 is 15.6. The van der Waals surface area contributed by atoms with Crippen LogP contribution in [-0.4, -0.2) is 51.7 Å². The van der Waals surface area contributed by atoms with Crippen LogP contribution in [-0.2, 0) is 20.9 Å². The lowest BCUT2D eigenvalue weighted by Crippen LogP contribution is -2.40. The molecule has 1 amide bonds. The van der Waals surface area contributed by atoms with Gasteiger partial charge in [0.1, 0.15) is 23.6 Å². The van der Waals surface area contributed by atoms with E-state index >= 15 is 0 Å². The van der Waals surface area contributed by atoms with E-state index in [0.29, 0.717) is 22.6 Å². The Morgan fingerprint density at radius 1 is 1.06 bits per heavy atom. The number of esters is 1. The van der Waals surface area contributed by atoms with E-state index in [1.54, 1.807) is 49.4 Å². The van der Waals surface area contributed by atoms with E-state index in [0.717, 1.165) is 16.3 Å². The molecule has 34 heavy (non-hydrogen) atoms. The SMILES string of the molecule is COC(=O)CNC(C(=O)N(C)Cc1c(OC)c(C#N)cc2ccccc12)c1cccc(OC)c1. The first-order valence-electron chi connectivity index (χ1n) is 10.6. The predicted molar refractivity (Wildman–Crippen MR) is 127 cm³/mol. The van der Waals surface area contributed by atoms with E-state index in [2.05, 4.69) is 11.4 Å². The van der Waals surface area contributed by atoms with Gasteiger partial charge in [-0.3, -0.25) is 14.9 Å². The van der Waals surface area contributed by atoms with Gasteiger partial charge in [0.25, 0.3) is 0 Å². The smallest absolute Gasteiger partial charge is 0.319 e. The van der Waals surface area contributed by atoms with Crippen LogP contribution in [0, 0.1) is 11.3 Å². The number of rotatable bonds is 9. The molecule has 0 spiro atoms. The van der Waals surface area contributed by atoms with Crippen LogP contribution in [0.3, 0.4) is 0 Å². The lowest BCUT2D eigenvalue weighted by Gasteiger charge is -2.26. The molecule has 3 aromatic rings. The molecule has 0 aliphatic carbocycles. The summed E-state index contributed by atoms with van der Waals surface area (Å²) in [5, 5.41) is 14.4. The van der Waals surface area contributed by atoms with Gasteiger partial charge in [0.15, 0.2) is 0 Å². The topological polar surface area (TPSA) is 101 Å². The zero-order valence-electron chi connectivity index (χ0n) is 19.6. The number of hydrogen-bond donors (Lipinski definition) is 1. The highest BCUT2D eigenvalue weighted by molar-refractivity contribution is 5.91. The van der Waals surface area contributed by atoms with E-state index in [1.165, 1.54) is 14.2 Å². The van der Waals surface area contributed by atoms with Crippen molar-refractivity contribution in [1.29, 1.82) is 5.26 Å². The molecule has 0 bridgehead atoms. The van der Waals surface area contributed by atoms with Crippen LogP contribution in [0.15, 0.2) is 54.6 Å². The van der Waals surface area contributed by atoms with Gasteiger partial charge >= 0.3 is 5.97 Å². The van der Waals surface area contributed by atoms with Gasteiger partial charge in [0.2, 0.25) is 5.91 Å². The van der Waals surface area contributed by atoms with Crippen molar-refractivity contribution in [1.82, 2.24) is 10.2 Å². The second kappa shape index (κ2) is 11.2. The summed E-state index contributed by atoms with van der Waals surface area (Å²) in [5.74, 6) is 0.261. The van der Waals surface area contributed by atoms with Crippen molar-refractivity contribution in [3.05, 3.63) is 71.3 Å². The van der Waals surface area contributed by atoms with Crippen molar-refractivity contribution in [2.75, 3.05) is 34.9 Å². The third-order valence-corrected chi connectivity index (χ3v) is 5.55. The van der Waals surface area contributed by atoms with Gasteiger partial charge in [-0.05, 0) is 34.5 Å². The Hall–Kier alpha value is -4.09. The Morgan fingerprint density at radius 3 is 2.50 bits per heavy atom. The minimum Gasteiger partial charge on any atom is -0.497 e. The number of benzene rings is 3. The highest BCUT2D eigenvalue weighted by Gasteiger charge is 2.26. The zero-order chi connectivity index (χ0) is 24.7. The number of hydrogen-bond acceptors (Lipinski definition) is 7. The molecule has 1 N–H and O–H groups in total. The number of likely N-dealkylation sites (N-methyl/N-ethyl adjacent to an activating group) is 1. The first-order chi connectivity index (χ1) is 16.4. The molecule has 8 heteroatoms. The molecule has 3 aromatic carbocycles. The summed E-state index contributed by atoms with van der Waals surface area (Å²) in [6.07, 6.45) is 0. The first-order valence-corrected chi connectivity index (χ1v) is 10.6. The van der Waals surface area contributed by atoms with E-state index in [4.69, 9.17) is 14.2 Å². The third kappa shape index (κ3) is 5.27. The lowest BCUT2D eigenvalue weighted by atomic mass is 9.98. The number of methoxy groups -OCH3 is 3. The van der Waals surface area contributed by atoms with Crippen molar-refractivity contribution in [2.24, 2.45) is 0 Å². The fourth-order valence-corrected chi connectivity index (χ4v) is 3.84. The Bertz CT molecular complexity index is 1230. The predicted octanol–water partition coefficient (Wildman–Crippen LogP) is 3.19. The Kier molecular flexibility index (Phi) is 8.06. The van der Waals surface area contributed by atoms with Crippen LogP contribution in [0.5, 0.6) is 11.5 Å². The number of carbonyl (C=O) groups is 2. The van der Waals surface area contributed by atoms with E-state index in [-0.39, 0.29) is 19.0 Å². The minimum atomic E-state index is -0.824. The summed E-state index contributed by atoms with van der Waals surface area (Å²) in [6, 6.07) is 17.9. The lowest BCUT2D eigenvalue weighted by molar-refractivity contribution is -0.140. The largest absolute Gasteiger partial charge is 0.497 e. The Labute approximate surface area is 198 Å². The van der Waals surface area contributed by atoms with Crippen LogP contribution in [0.4, 0.5) is 0 Å². The molecule has 0 radical (unpaired) electrons. The molecule has 176 valence electrons. The third-order valence-electron chi connectivity index (χ3n) is 5.55. The summed E-state index contributed by atoms with van der Waals surface area (Å²) in [4.78, 5) is 26.9. The molecule has 0 aromatic heterocycles. The molecule has 1 atom stereocenters. The van der Waals surface area contributed by atoms with E-state index in [9.17, 15) is 14.9 Å². The van der Waals surface area contributed by atoms with Gasteiger partial charge in [-0.1, -0.05) is 36.4 Å². The van der Waals surface area contributed by atoms with Crippen molar-refractivity contribution in [3.8, 4) is 17.6 Å². The molecule has 8 nitrogen and oxygen atoms in total. The van der Waals surface area contributed by atoms with Gasteiger partial charge < -0.3 is 19.1 Å². The average Bonchev–Trinajstić information content (AvgIpc) is 2.88. The van der Waals surface area contributed by atoms with Gasteiger partial charge in [0.05, 0.1) is 33.4 Å². The van der Waals surface area contributed by atoms with Crippen molar-refractivity contribution in [3.63, 3.8) is 0 Å². The number of carbonyl (C=O) groups excluding carboxylic acids is 2. The zero-order valence-corrected chi connectivity index (χ0v) is 19.6. The van der Waals surface area contributed by atoms with Crippen molar-refractivity contribution < 1.29 is 23.8 Å². The van der Waals surface area contributed by atoms with Crippen LogP contribution in [0.1, 0.15) is 22.7 Å². The molecule has 0 heterocycles. The van der Waals surface area contributed by atoms with Gasteiger partial charge in [0, 0.05) is 19.2 Å². The molecule has 0 saturated heterocycles. The van der Waals surface area contributed by atoms with Crippen molar-refractivity contribution >= 4 is 22.6 Å². The summed E-state index contributed by atoms with van der Waals surface area (Å²) in [5.41, 5.74) is 1.76. The highest BCUT2D eigenvalue weighted by atomic mass is 16.5. The molecule has 0 fully saturated rings. The summed E-state index contributed by atoms with van der Waals surface area (Å²) in [7, 11) is 6.01. The normalized spacial score (nSPS) is 11.4. The number of nitriles is 1. The van der Waals surface area contributed by atoms with Crippen LogP contribution in [0.2, 0.25) is 0 Å². The monoisotopic (exact) mass is 461 g/mol. The Balaban J connectivity index is 1.99. The number of nitrogens with zero attached hydrogens (tertiary/aromatic N) is 2. The molecule has 1 unspecified atom stereocenters. The second-order valence-electron chi connectivity index (χ2n) is 7.63. The van der Waals surface area contributed by atoms with Gasteiger partial charge in [-0.25, -0.2) is 0 Å². The summed E-state index contributed by atoms with van der Waals surface area (Å²) >= 11 is 0. The highest BCUT2D eigenvalue weighted by Crippen LogP contribution is 2.33. The number of ether oxygens (including phenoxy) is 3. The molecule has 0 aliphatic heterocycles. The average molecular weight is 462 g/mol. The maximum atomic E-state index is 13.6. The van der Waals surface area contributed by atoms with Crippen LogP contribution < -0.4 is 14.8 Å². The number of amides is 1. The van der Waals surface area contributed by atoms with Crippen LogP contribution >= 0.6 is 0 Å². The van der Waals surface area contributed by atoms with E-state index in [1.807, 2.05) is 24.3 Å². The van der Waals surface area contributed by atoms with Crippen molar-refractivity contribution in [2.45, 2.75) is 12.6 Å². The van der Waals surface area contributed by atoms with E-state index < -0.39 is 12.0 Å². The second-order valence-corrected chi connectivity index (χ2v) is 7.63. The first kappa shape index (κ1) is 24.6. The molecule has 0 saturated carbocycles. The minimum absolute atomic E-state index is 0.145. The van der Waals surface area contributed by atoms with Gasteiger partial charge in [-0.2, -0.15) is 5.26 Å². The number of nitrogens with one attached hydrogen (secondary N) is 1. The standard InChI is InChI=1S/C26H27N3O5/c1-29(16-22-21-11-6-5-8-17(21)12-19(14-27)25(22)34-4)26(31)24(28-15-23(30)33-3)18-9-7-10-20(13-18)32-2/h5-13,24,28H,15-16H2,1-4H3. The quantitative estimate of drug-likeness (QED) is 0.489. The Morgan fingerprint density at radius 2 is 1.82 bits per heavy atom. The molecule has 0 aliphatic rings. The maximum Gasteiger partial charge on any atom is 0.319 e. The van der Waals surface area contributed by atoms with Crippen LogP contribution in [0.25, 0.3) is 10.8 Å². The van der Waals surface area contributed by atoms with Gasteiger partial charge in [-0.15, -0.1) is 0 Å². The molecular weight excluding hydrogens is 434 g/mol. The maximum absolute atomic E-state index is 13.6. The number of fused-ring (bicyclic) bond motifs is 1. The fraction of sp³-hybridized carbons (Fsp3) is 0.269.